The molecular weight excluding hydrogens is 392 g/mol. The lowest BCUT2D eigenvalue weighted by molar-refractivity contribution is -0.132. The summed E-state index contributed by atoms with van der Waals surface area (Å²) in [5, 5.41) is 3.32. The molecule has 2 aliphatic rings. The number of urea groups is 1. The third kappa shape index (κ3) is 2.89. The lowest BCUT2D eigenvalue weighted by atomic mass is 9.78. The summed E-state index contributed by atoms with van der Waals surface area (Å²) in [7, 11) is 0. The van der Waals surface area contributed by atoms with Gasteiger partial charge in [-0.05, 0) is 36.1 Å². The SMILES string of the molecule is O=C1NC2(CCc3ccccc3C2)C(=O)N1Cc1cc(=O)n2cc(Cl)ccc2n1. The van der Waals surface area contributed by atoms with Crippen molar-refractivity contribution in [1.29, 1.82) is 0 Å². The van der Waals surface area contributed by atoms with Gasteiger partial charge in [0.25, 0.3) is 11.5 Å². The van der Waals surface area contributed by atoms with Crippen molar-refractivity contribution in [3.63, 3.8) is 0 Å². The fraction of sp³-hybridized carbons (Fsp3) is 0.238. The molecule has 1 atom stereocenters. The number of carbonyl (C=O) groups is 2. The molecule has 1 saturated heterocycles. The number of nitrogens with one attached hydrogen (secondary N) is 1. The van der Waals surface area contributed by atoms with Crippen molar-refractivity contribution in [2.24, 2.45) is 0 Å². The highest BCUT2D eigenvalue weighted by atomic mass is 35.5. The Morgan fingerprint density at radius 1 is 1.10 bits per heavy atom. The Kier molecular flexibility index (Phi) is 3.96. The largest absolute Gasteiger partial charge is 0.325 e. The number of hydrogen-bond acceptors (Lipinski definition) is 4. The number of imide groups is 1. The Balaban J connectivity index is 1.45. The highest BCUT2D eigenvalue weighted by molar-refractivity contribution is 6.30. The van der Waals surface area contributed by atoms with Crippen LogP contribution in [0.15, 0.2) is 53.5 Å². The van der Waals surface area contributed by atoms with E-state index < -0.39 is 11.6 Å². The first-order chi connectivity index (χ1) is 13.9. The zero-order valence-corrected chi connectivity index (χ0v) is 16.1. The lowest BCUT2D eigenvalue weighted by Gasteiger charge is -2.32. The van der Waals surface area contributed by atoms with Gasteiger partial charge in [-0.2, -0.15) is 0 Å². The molecular formula is C21H17ClN4O3. The Labute approximate surface area is 170 Å². The number of hydrogen-bond donors (Lipinski definition) is 1. The van der Waals surface area contributed by atoms with E-state index in [1.807, 2.05) is 18.2 Å². The Morgan fingerprint density at radius 2 is 1.90 bits per heavy atom. The molecule has 0 radical (unpaired) electrons. The summed E-state index contributed by atoms with van der Waals surface area (Å²) >= 11 is 5.93. The van der Waals surface area contributed by atoms with Crippen LogP contribution in [0.5, 0.6) is 0 Å². The standard InChI is InChI=1S/C21H17ClN4O3/c22-15-5-6-17-23-16(9-18(27)25(17)11-15)12-26-19(28)21(24-20(26)29)8-7-13-3-1-2-4-14(13)10-21/h1-6,9,11H,7-8,10,12H2,(H,24,29). The van der Waals surface area contributed by atoms with Crippen molar-refractivity contribution in [3.8, 4) is 0 Å². The van der Waals surface area contributed by atoms with Crippen LogP contribution in [-0.4, -0.2) is 31.8 Å². The predicted octanol–water partition coefficient (Wildman–Crippen LogP) is 2.33. The molecule has 146 valence electrons. The summed E-state index contributed by atoms with van der Waals surface area (Å²) in [6, 6.07) is 12.1. The van der Waals surface area contributed by atoms with E-state index >= 15 is 0 Å². The summed E-state index contributed by atoms with van der Waals surface area (Å²) in [6.45, 7) is -0.0531. The third-order valence-electron chi connectivity index (χ3n) is 5.67. The van der Waals surface area contributed by atoms with E-state index in [1.54, 1.807) is 12.1 Å². The minimum absolute atomic E-state index is 0.0531. The number of benzene rings is 1. The summed E-state index contributed by atoms with van der Waals surface area (Å²) < 4.78 is 1.33. The van der Waals surface area contributed by atoms with Crippen LogP contribution in [0, 0.1) is 0 Å². The van der Waals surface area contributed by atoms with E-state index in [9.17, 15) is 14.4 Å². The number of amides is 3. The average molecular weight is 409 g/mol. The van der Waals surface area contributed by atoms with Crippen molar-refractivity contribution in [2.45, 2.75) is 31.3 Å². The molecule has 1 aliphatic carbocycles. The highest BCUT2D eigenvalue weighted by Crippen LogP contribution is 2.34. The quantitative estimate of drug-likeness (QED) is 0.659. The van der Waals surface area contributed by atoms with Gasteiger partial charge in [0.1, 0.15) is 11.2 Å². The molecule has 8 heteroatoms. The third-order valence-corrected chi connectivity index (χ3v) is 5.90. The molecule has 1 N–H and O–H groups in total. The second-order valence-corrected chi connectivity index (χ2v) is 7.95. The number of carbonyl (C=O) groups excluding carboxylic acids is 2. The minimum atomic E-state index is -0.926. The van der Waals surface area contributed by atoms with Crippen LogP contribution in [0.4, 0.5) is 4.79 Å². The van der Waals surface area contributed by atoms with Crippen LogP contribution in [0.2, 0.25) is 5.02 Å². The van der Waals surface area contributed by atoms with Gasteiger partial charge in [0, 0.05) is 18.7 Å². The summed E-state index contributed by atoms with van der Waals surface area (Å²) in [6.07, 6.45) is 3.23. The maximum atomic E-state index is 13.2. The normalized spacial score (nSPS) is 20.9. The molecule has 1 unspecified atom stereocenters. The monoisotopic (exact) mass is 408 g/mol. The highest BCUT2D eigenvalue weighted by Gasteiger charge is 2.52. The molecule has 1 aliphatic heterocycles. The molecule has 3 aromatic rings. The van der Waals surface area contributed by atoms with E-state index in [-0.39, 0.29) is 18.0 Å². The van der Waals surface area contributed by atoms with E-state index in [1.165, 1.54) is 22.2 Å². The van der Waals surface area contributed by atoms with Crippen LogP contribution in [0.3, 0.4) is 0 Å². The van der Waals surface area contributed by atoms with Crippen molar-refractivity contribution in [2.75, 3.05) is 0 Å². The van der Waals surface area contributed by atoms with Crippen LogP contribution in [-0.2, 0) is 24.2 Å². The van der Waals surface area contributed by atoms with Crippen LogP contribution >= 0.6 is 11.6 Å². The smallest absolute Gasteiger partial charge is 0.323 e. The average Bonchev–Trinajstić information content (AvgIpc) is 2.92. The molecule has 1 spiro atoms. The van der Waals surface area contributed by atoms with Gasteiger partial charge < -0.3 is 5.32 Å². The van der Waals surface area contributed by atoms with E-state index in [2.05, 4.69) is 16.4 Å². The molecule has 29 heavy (non-hydrogen) atoms. The molecule has 1 fully saturated rings. The first-order valence-electron chi connectivity index (χ1n) is 9.34. The Hall–Kier alpha value is -3.19. The maximum absolute atomic E-state index is 13.2. The number of nitrogens with zero attached hydrogens (tertiary/aromatic N) is 3. The Bertz CT molecular complexity index is 1240. The lowest BCUT2D eigenvalue weighted by Crippen LogP contribution is -2.51. The van der Waals surface area contributed by atoms with Gasteiger partial charge in [-0.25, -0.2) is 9.78 Å². The van der Waals surface area contributed by atoms with Crippen LogP contribution in [0.1, 0.15) is 23.2 Å². The fourth-order valence-electron chi connectivity index (χ4n) is 4.21. The van der Waals surface area contributed by atoms with Gasteiger partial charge in [0.05, 0.1) is 17.3 Å². The van der Waals surface area contributed by atoms with E-state index in [0.717, 1.165) is 16.9 Å². The first-order valence-corrected chi connectivity index (χ1v) is 9.72. The number of rotatable bonds is 2. The fourth-order valence-corrected chi connectivity index (χ4v) is 4.37. The van der Waals surface area contributed by atoms with Crippen molar-refractivity contribution in [3.05, 3.63) is 80.9 Å². The molecule has 2 aromatic heterocycles. The van der Waals surface area contributed by atoms with Crippen molar-refractivity contribution >= 4 is 29.2 Å². The van der Waals surface area contributed by atoms with Gasteiger partial charge in [-0.1, -0.05) is 35.9 Å². The van der Waals surface area contributed by atoms with Gasteiger partial charge in [-0.15, -0.1) is 0 Å². The minimum Gasteiger partial charge on any atom is -0.323 e. The van der Waals surface area contributed by atoms with Crippen LogP contribution in [0.25, 0.3) is 5.65 Å². The molecule has 0 bridgehead atoms. The summed E-state index contributed by atoms with van der Waals surface area (Å²) in [4.78, 5) is 43.8. The second-order valence-electron chi connectivity index (χ2n) is 7.51. The Morgan fingerprint density at radius 3 is 2.72 bits per heavy atom. The number of pyridine rings is 1. The predicted molar refractivity (Wildman–Crippen MR) is 107 cm³/mol. The molecule has 3 heterocycles. The number of halogens is 1. The van der Waals surface area contributed by atoms with Gasteiger partial charge in [-0.3, -0.25) is 18.9 Å². The molecule has 0 saturated carbocycles. The molecule has 3 amide bonds. The van der Waals surface area contributed by atoms with E-state index in [4.69, 9.17) is 11.6 Å². The molecule has 1 aromatic carbocycles. The van der Waals surface area contributed by atoms with Crippen molar-refractivity contribution < 1.29 is 9.59 Å². The van der Waals surface area contributed by atoms with Crippen molar-refractivity contribution in [1.82, 2.24) is 19.6 Å². The summed E-state index contributed by atoms with van der Waals surface area (Å²) in [5.41, 5.74) is 1.81. The van der Waals surface area contributed by atoms with Gasteiger partial charge in [0.2, 0.25) is 0 Å². The van der Waals surface area contributed by atoms with Gasteiger partial charge >= 0.3 is 6.03 Å². The number of fused-ring (bicyclic) bond motifs is 2. The molecule has 7 nitrogen and oxygen atoms in total. The van der Waals surface area contributed by atoms with E-state index in [0.29, 0.717) is 29.2 Å². The maximum Gasteiger partial charge on any atom is 0.325 e. The molecule has 5 rings (SSSR count). The zero-order chi connectivity index (χ0) is 20.2. The second kappa shape index (κ2) is 6.42. The number of aromatic nitrogens is 2. The number of aryl methyl sites for hydroxylation is 1. The van der Waals surface area contributed by atoms with Gasteiger partial charge in [0.15, 0.2) is 0 Å². The topological polar surface area (TPSA) is 83.8 Å². The first kappa shape index (κ1) is 17.9. The van der Waals surface area contributed by atoms with Crippen LogP contribution < -0.4 is 10.9 Å². The zero-order valence-electron chi connectivity index (χ0n) is 15.4. The summed E-state index contributed by atoms with van der Waals surface area (Å²) in [5.74, 6) is -0.268.